The van der Waals surface area contributed by atoms with Crippen molar-refractivity contribution in [3.8, 4) is 5.75 Å². The SMILES string of the molecule is CCc1nc2ccc(Br)cc2c(=O)n1N=Cc1ccc(OCc2cccc3ccccc23)c(Br)c1. The minimum Gasteiger partial charge on any atom is -0.488 e. The third kappa shape index (κ3) is 4.92. The second kappa shape index (κ2) is 10.1. The average molecular weight is 591 g/mol. The van der Waals surface area contributed by atoms with Crippen LogP contribution in [0.3, 0.4) is 0 Å². The molecule has 0 saturated carbocycles. The third-order valence-electron chi connectivity index (χ3n) is 5.73. The van der Waals surface area contributed by atoms with Gasteiger partial charge in [-0.1, -0.05) is 65.3 Å². The summed E-state index contributed by atoms with van der Waals surface area (Å²) in [6, 6.07) is 25.7. The highest BCUT2D eigenvalue weighted by atomic mass is 79.9. The van der Waals surface area contributed by atoms with Gasteiger partial charge >= 0.3 is 0 Å². The Balaban J connectivity index is 1.39. The predicted molar refractivity (Wildman–Crippen MR) is 148 cm³/mol. The smallest absolute Gasteiger partial charge is 0.282 e. The van der Waals surface area contributed by atoms with E-state index in [0.717, 1.165) is 25.8 Å². The maximum absolute atomic E-state index is 13.1. The first-order valence-electron chi connectivity index (χ1n) is 11.2. The van der Waals surface area contributed by atoms with Crippen molar-refractivity contribution >= 4 is 59.7 Å². The van der Waals surface area contributed by atoms with Crippen LogP contribution >= 0.6 is 31.9 Å². The molecule has 4 aromatic carbocycles. The number of benzene rings is 4. The molecule has 0 amide bonds. The van der Waals surface area contributed by atoms with E-state index in [1.165, 1.54) is 15.4 Å². The molecular weight excluding hydrogens is 570 g/mol. The first kappa shape index (κ1) is 23.5. The van der Waals surface area contributed by atoms with E-state index in [9.17, 15) is 4.79 Å². The molecule has 1 aromatic heterocycles. The molecule has 5 aromatic rings. The summed E-state index contributed by atoms with van der Waals surface area (Å²) in [5.74, 6) is 1.34. The van der Waals surface area contributed by atoms with Gasteiger partial charge in [-0.3, -0.25) is 4.79 Å². The summed E-state index contributed by atoms with van der Waals surface area (Å²) < 4.78 is 9.11. The summed E-state index contributed by atoms with van der Waals surface area (Å²) in [4.78, 5) is 17.7. The molecule has 1 heterocycles. The number of rotatable bonds is 6. The Labute approximate surface area is 219 Å². The summed E-state index contributed by atoms with van der Waals surface area (Å²) in [5.41, 5.74) is 2.43. The number of ether oxygens (including phenoxy) is 1. The fraction of sp³-hybridized carbons (Fsp3) is 0.107. The Morgan fingerprint density at radius 3 is 2.63 bits per heavy atom. The van der Waals surface area contributed by atoms with Crippen molar-refractivity contribution in [2.75, 3.05) is 0 Å². The summed E-state index contributed by atoms with van der Waals surface area (Å²) in [6.07, 6.45) is 2.24. The molecule has 0 atom stereocenters. The zero-order chi connectivity index (χ0) is 24.4. The van der Waals surface area contributed by atoms with Gasteiger partial charge in [-0.25, -0.2) is 4.98 Å². The molecule has 0 radical (unpaired) electrons. The van der Waals surface area contributed by atoms with Gasteiger partial charge in [0.05, 0.1) is 21.6 Å². The lowest BCUT2D eigenvalue weighted by Crippen LogP contribution is -2.22. The molecule has 7 heteroatoms. The van der Waals surface area contributed by atoms with Gasteiger partial charge in [0, 0.05) is 10.9 Å². The van der Waals surface area contributed by atoms with E-state index >= 15 is 0 Å². The Morgan fingerprint density at radius 1 is 0.971 bits per heavy atom. The quantitative estimate of drug-likeness (QED) is 0.198. The molecule has 0 fully saturated rings. The van der Waals surface area contributed by atoms with Crippen LogP contribution in [-0.2, 0) is 13.0 Å². The molecule has 35 heavy (non-hydrogen) atoms. The van der Waals surface area contributed by atoms with Gasteiger partial charge in [0.2, 0.25) is 0 Å². The maximum Gasteiger partial charge on any atom is 0.282 e. The molecule has 0 N–H and O–H groups in total. The van der Waals surface area contributed by atoms with Crippen LogP contribution in [0, 0.1) is 0 Å². The van der Waals surface area contributed by atoms with E-state index in [4.69, 9.17) is 4.74 Å². The van der Waals surface area contributed by atoms with Gasteiger partial charge in [-0.15, -0.1) is 0 Å². The van der Waals surface area contributed by atoms with Crippen LogP contribution in [0.25, 0.3) is 21.7 Å². The molecule has 0 aliphatic rings. The second-order valence-electron chi connectivity index (χ2n) is 8.02. The highest BCUT2D eigenvalue weighted by Gasteiger charge is 2.10. The van der Waals surface area contributed by atoms with E-state index in [2.05, 4.69) is 66.2 Å². The van der Waals surface area contributed by atoms with Gasteiger partial charge in [0.1, 0.15) is 18.2 Å². The summed E-state index contributed by atoms with van der Waals surface area (Å²) in [6.45, 7) is 2.41. The van der Waals surface area contributed by atoms with Crippen LogP contribution < -0.4 is 10.3 Å². The molecule has 0 spiro atoms. The lowest BCUT2D eigenvalue weighted by atomic mass is 10.1. The average Bonchev–Trinajstić information content (AvgIpc) is 2.87. The zero-order valence-corrected chi connectivity index (χ0v) is 22.1. The highest BCUT2D eigenvalue weighted by molar-refractivity contribution is 9.10. The molecule has 0 aliphatic carbocycles. The minimum absolute atomic E-state index is 0.196. The van der Waals surface area contributed by atoms with Gasteiger partial charge < -0.3 is 4.74 Å². The topological polar surface area (TPSA) is 56.5 Å². The number of halogens is 2. The van der Waals surface area contributed by atoms with Crippen molar-refractivity contribution in [3.05, 3.63) is 115 Å². The predicted octanol–water partition coefficient (Wildman–Crippen LogP) is 7.10. The summed E-state index contributed by atoms with van der Waals surface area (Å²) in [7, 11) is 0. The zero-order valence-electron chi connectivity index (χ0n) is 18.9. The van der Waals surface area contributed by atoms with Crippen LogP contribution in [0.5, 0.6) is 5.75 Å². The third-order valence-corrected chi connectivity index (χ3v) is 6.85. The van der Waals surface area contributed by atoms with Crippen molar-refractivity contribution < 1.29 is 4.74 Å². The molecule has 174 valence electrons. The van der Waals surface area contributed by atoms with Crippen LogP contribution in [0.15, 0.2) is 97.7 Å². The number of nitrogens with zero attached hydrogens (tertiary/aromatic N) is 3. The fourth-order valence-electron chi connectivity index (χ4n) is 3.96. The largest absolute Gasteiger partial charge is 0.488 e. The molecule has 0 bridgehead atoms. The van der Waals surface area contributed by atoms with E-state index in [0.29, 0.717) is 29.8 Å². The van der Waals surface area contributed by atoms with E-state index < -0.39 is 0 Å². The molecule has 5 nitrogen and oxygen atoms in total. The van der Waals surface area contributed by atoms with Gasteiger partial charge in [-0.2, -0.15) is 9.78 Å². The number of aromatic nitrogens is 2. The summed E-state index contributed by atoms with van der Waals surface area (Å²) in [5, 5.41) is 7.36. The number of hydrogen-bond acceptors (Lipinski definition) is 4. The van der Waals surface area contributed by atoms with Crippen LogP contribution in [-0.4, -0.2) is 15.9 Å². The molecule has 5 rings (SSSR count). The van der Waals surface area contributed by atoms with Crippen molar-refractivity contribution in [2.24, 2.45) is 5.10 Å². The highest BCUT2D eigenvalue weighted by Crippen LogP contribution is 2.28. The minimum atomic E-state index is -0.196. The molecule has 0 aliphatic heterocycles. The summed E-state index contributed by atoms with van der Waals surface area (Å²) >= 11 is 7.03. The number of aryl methyl sites for hydroxylation is 1. The second-order valence-corrected chi connectivity index (χ2v) is 9.79. The Hall–Kier alpha value is -3.29. The van der Waals surface area contributed by atoms with Crippen molar-refractivity contribution in [1.82, 2.24) is 9.66 Å². The van der Waals surface area contributed by atoms with Crippen molar-refractivity contribution in [2.45, 2.75) is 20.0 Å². The van der Waals surface area contributed by atoms with Crippen LogP contribution in [0.2, 0.25) is 0 Å². The lowest BCUT2D eigenvalue weighted by Gasteiger charge is -2.11. The van der Waals surface area contributed by atoms with E-state index in [1.54, 1.807) is 12.3 Å². The van der Waals surface area contributed by atoms with Gasteiger partial charge in [-0.05, 0) is 74.2 Å². The Kier molecular flexibility index (Phi) is 6.79. The van der Waals surface area contributed by atoms with E-state index in [-0.39, 0.29) is 5.56 Å². The first-order valence-corrected chi connectivity index (χ1v) is 12.8. The van der Waals surface area contributed by atoms with Crippen LogP contribution in [0.1, 0.15) is 23.9 Å². The van der Waals surface area contributed by atoms with Gasteiger partial charge in [0.25, 0.3) is 5.56 Å². The molecular formula is C28H21Br2N3O2. The number of hydrogen-bond donors (Lipinski definition) is 0. The Morgan fingerprint density at radius 2 is 1.80 bits per heavy atom. The Bertz CT molecular complexity index is 1640. The molecule has 0 saturated heterocycles. The van der Waals surface area contributed by atoms with Crippen molar-refractivity contribution in [3.63, 3.8) is 0 Å². The lowest BCUT2D eigenvalue weighted by molar-refractivity contribution is 0.305. The normalized spacial score (nSPS) is 11.5. The fourth-order valence-corrected chi connectivity index (χ4v) is 4.83. The van der Waals surface area contributed by atoms with Crippen LogP contribution in [0.4, 0.5) is 0 Å². The standard InChI is InChI=1S/C28H21Br2N3O2/c1-2-27-32-25-12-11-21(29)15-23(25)28(34)33(27)31-16-18-10-13-26(24(30)14-18)35-17-20-8-5-7-19-6-3-4-9-22(19)20/h3-16H,2,17H2,1H3. The first-order chi connectivity index (χ1) is 17.0. The number of fused-ring (bicyclic) bond motifs is 2. The monoisotopic (exact) mass is 589 g/mol. The maximum atomic E-state index is 13.1. The molecule has 0 unspecified atom stereocenters. The van der Waals surface area contributed by atoms with Gasteiger partial charge in [0.15, 0.2) is 0 Å². The van der Waals surface area contributed by atoms with E-state index in [1.807, 2.05) is 55.5 Å². The van der Waals surface area contributed by atoms with Crippen molar-refractivity contribution in [1.29, 1.82) is 0 Å².